The minimum Gasteiger partial charge on any atom is -0.495 e. The zero-order chi connectivity index (χ0) is 19.3. The molecule has 1 atom stereocenters. The predicted octanol–water partition coefficient (Wildman–Crippen LogP) is 4.24. The summed E-state index contributed by atoms with van der Waals surface area (Å²) >= 11 is 0. The lowest BCUT2D eigenvalue weighted by molar-refractivity contribution is 0.0937. The second-order valence-electron chi connectivity index (χ2n) is 7.33. The first-order valence-electron chi connectivity index (χ1n) is 9.88. The molecule has 1 aliphatic heterocycles. The maximum atomic E-state index is 12.9. The van der Waals surface area contributed by atoms with Crippen LogP contribution in [0.1, 0.15) is 28.8 Å². The van der Waals surface area contributed by atoms with Crippen molar-refractivity contribution in [3.63, 3.8) is 0 Å². The number of nitrogens with zero attached hydrogens (tertiary/aromatic N) is 1. The van der Waals surface area contributed by atoms with E-state index in [9.17, 15) is 4.79 Å². The molecule has 3 aromatic rings. The first-order chi connectivity index (χ1) is 13.8. The topological polar surface area (TPSA) is 41.6 Å². The zero-order valence-corrected chi connectivity index (χ0v) is 16.2. The van der Waals surface area contributed by atoms with Gasteiger partial charge in [-0.25, -0.2) is 0 Å². The summed E-state index contributed by atoms with van der Waals surface area (Å²) in [6.45, 7) is 2.66. The van der Waals surface area contributed by atoms with Crippen molar-refractivity contribution in [2.45, 2.75) is 25.4 Å². The molecule has 0 saturated carbocycles. The molecule has 4 nitrogen and oxygen atoms in total. The van der Waals surface area contributed by atoms with Gasteiger partial charge in [-0.1, -0.05) is 60.7 Å². The van der Waals surface area contributed by atoms with Gasteiger partial charge < -0.3 is 10.1 Å². The number of fused-ring (bicyclic) bond motifs is 1. The van der Waals surface area contributed by atoms with Crippen molar-refractivity contribution in [1.29, 1.82) is 0 Å². The van der Waals surface area contributed by atoms with E-state index in [4.69, 9.17) is 4.74 Å². The number of methoxy groups -OCH3 is 1. The second kappa shape index (κ2) is 8.44. The van der Waals surface area contributed by atoms with Crippen LogP contribution in [0.25, 0.3) is 10.8 Å². The third-order valence-corrected chi connectivity index (χ3v) is 5.55. The van der Waals surface area contributed by atoms with Crippen molar-refractivity contribution in [3.05, 3.63) is 77.9 Å². The smallest absolute Gasteiger partial charge is 0.255 e. The van der Waals surface area contributed by atoms with Crippen LogP contribution in [0.3, 0.4) is 0 Å². The maximum absolute atomic E-state index is 12.9. The van der Waals surface area contributed by atoms with Crippen molar-refractivity contribution in [2.24, 2.45) is 0 Å². The van der Waals surface area contributed by atoms with E-state index in [0.717, 1.165) is 30.3 Å². The van der Waals surface area contributed by atoms with E-state index in [-0.39, 0.29) is 5.91 Å². The minimum absolute atomic E-state index is 0.0748. The summed E-state index contributed by atoms with van der Waals surface area (Å²) in [5.41, 5.74) is 1.91. The normalized spacial score (nSPS) is 17.0. The van der Waals surface area contributed by atoms with Gasteiger partial charge in [0.1, 0.15) is 5.75 Å². The lowest BCUT2D eigenvalue weighted by atomic mass is 10.0. The molecular formula is C24H26N2O2. The molecule has 0 bridgehead atoms. The fraction of sp³-hybridized carbons (Fsp3) is 0.292. The number of ether oxygens (including phenoxy) is 1. The van der Waals surface area contributed by atoms with E-state index < -0.39 is 0 Å². The Hall–Kier alpha value is -2.85. The van der Waals surface area contributed by atoms with Crippen LogP contribution in [-0.2, 0) is 6.54 Å². The second-order valence-corrected chi connectivity index (χ2v) is 7.33. The molecule has 1 fully saturated rings. The van der Waals surface area contributed by atoms with E-state index >= 15 is 0 Å². The molecule has 0 radical (unpaired) electrons. The molecule has 4 rings (SSSR count). The van der Waals surface area contributed by atoms with Crippen LogP contribution in [-0.4, -0.2) is 37.0 Å². The number of carbonyl (C=O) groups is 1. The van der Waals surface area contributed by atoms with Crippen molar-refractivity contribution < 1.29 is 9.53 Å². The number of amides is 1. The number of rotatable bonds is 6. The lowest BCUT2D eigenvalue weighted by Crippen LogP contribution is -2.39. The Morgan fingerprint density at radius 1 is 1.07 bits per heavy atom. The van der Waals surface area contributed by atoms with Crippen molar-refractivity contribution >= 4 is 16.7 Å². The summed E-state index contributed by atoms with van der Waals surface area (Å²) in [5.74, 6) is 0.567. The number of benzene rings is 3. The van der Waals surface area contributed by atoms with Gasteiger partial charge in [-0.2, -0.15) is 0 Å². The highest BCUT2D eigenvalue weighted by molar-refractivity contribution is 6.03. The van der Waals surface area contributed by atoms with E-state index in [0.29, 0.717) is 23.9 Å². The van der Waals surface area contributed by atoms with Crippen LogP contribution in [0.4, 0.5) is 0 Å². The average molecular weight is 374 g/mol. The van der Waals surface area contributed by atoms with Crippen LogP contribution in [0.5, 0.6) is 5.75 Å². The molecule has 0 aromatic heterocycles. The van der Waals surface area contributed by atoms with Gasteiger partial charge in [-0.3, -0.25) is 9.69 Å². The summed E-state index contributed by atoms with van der Waals surface area (Å²) < 4.78 is 5.58. The summed E-state index contributed by atoms with van der Waals surface area (Å²) in [7, 11) is 1.62. The van der Waals surface area contributed by atoms with Gasteiger partial charge in [0.2, 0.25) is 0 Å². The maximum Gasteiger partial charge on any atom is 0.255 e. The molecule has 4 heteroatoms. The molecule has 28 heavy (non-hydrogen) atoms. The Labute approximate surface area is 166 Å². The lowest BCUT2D eigenvalue weighted by Gasteiger charge is -2.25. The minimum atomic E-state index is -0.0748. The van der Waals surface area contributed by atoms with Crippen LogP contribution < -0.4 is 10.1 Å². The summed E-state index contributed by atoms with van der Waals surface area (Å²) in [6, 6.07) is 22.7. The van der Waals surface area contributed by atoms with E-state index in [1.165, 1.54) is 12.0 Å². The standard InChI is InChI=1S/C24H26N2O2/c1-28-23-21-12-6-5-10-19(21)13-14-22(23)24(27)25-16-20-11-7-15-26(20)17-18-8-3-2-4-9-18/h2-6,8-10,12-14,20H,7,11,15-17H2,1H3,(H,25,27). The van der Waals surface area contributed by atoms with Crippen LogP contribution in [0.15, 0.2) is 66.7 Å². The number of nitrogens with one attached hydrogen (secondary N) is 1. The Morgan fingerprint density at radius 3 is 2.68 bits per heavy atom. The Balaban J connectivity index is 1.45. The van der Waals surface area contributed by atoms with E-state index in [1.807, 2.05) is 42.5 Å². The monoisotopic (exact) mass is 374 g/mol. The highest BCUT2D eigenvalue weighted by Gasteiger charge is 2.25. The zero-order valence-electron chi connectivity index (χ0n) is 16.2. The quantitative estimate of drug-likeness (QED) is 0.702. The predicted molar refractivity (Wildman–Crippen MR) is 113 cm³/mol. The molecule has 1 N–H and O–H groups in total. The van der Waals surface area contributed by atoms with Gasteiger partial charge in [0.05, 0.1) is 12.7 Å². The summed E-state index contributed by atoms with van der Waals surface area (Å²) in [5, 5.41) is 5.17. The molecule has 144 valence electrons. The largest absolute Gasteiger partial charge is 0.495 e. The van der Waals surface area contributed by atoms with Crippen molar-refractivity contribution in [3.8, 4) is 5.75 Å². The number of likely N-dealkylation sites (tertiary alicyclic amines) is 1. The van der Waals surface area contributed by atoms with Crippen molar-refractivity contribution in [1.82, 2.24) is 10.2 Å². The number of carbonyl (C=O) groups excluding carboxylic acids is 1. The highest BCUT2D eigenvalue weighted by atomic mass is 16.5. The fourth-order valence-corrected chi connectivity index (χ4v) is 4.10. The number of hydrogen-bond donors (Lipinski definition) is 1. The van der Waals surface area contributed by atoms with Gasteiger partial charge >= 0.3 is 0 Å². The Morgan fingerprint density at radius 2 is 1.86 bits per heavy atom. The molecule has 1 unspecified atom stereocenters. The average Bonchev–Trinajstić information content (AvgIpc) is 3.18. The Bertz CT molecular complexity index is 955. The third-order valence-electron chi connectivity index (χ3n) is 5.55. The van der Waals surface area contributed by atoms with Gasteiger partial charge in [0.25, 0.3) is 5.91 Å². The van der Waals surface area contributed by atoms with Crippen molar-refractivity contribution in [2.75, 3.05) is 20.2 Å². The molecule has 1 aliphatic rings. The van der Waals surface area contributed by atoms with Gasteiger partial charge in [-0.15, -0.1) is 0 Å². The summed E-state index contributed by atoms with van der Waals surface area (Å²) in [4.78, 5) is 15.3. The molecule has 3 aromatic carbocycles. The highest BCUT2D eigenvalue weighted by Crippen LogP contribution is 2.29. The first kappa shape index (κ1) is 18.5. The summed E-state index contributed by atoms with van der Waals surface area (Å²) in [6.07, 6.45) is 2.29. The van der Waals surface area contributed by atoms with Crippen LogP contribution >= 0.6 is 0 Å². The van der Waals surface area contributed by atoms with Crippen LogP contribution in [0.2, 0.25) is 0 Å². The molecule has 0 spiro atoms. The fourth-order valence-electron chi connectivity index (χ4n) is 4.10. The molecular weight excluding hydrogens is 348 g/mol. The molecule has 1 amide bonds. The van der Waals surface area contributed by atoms with Gasteiger partial charge in [0.15, 0.2) is 0 Å². The van der Waals surface area contributed by atoms with Gasteiger partial charge in [-0.05, 0) is 36.4 Å². The van der Waals surface area contributed by atoms with Gasteiger partial charge in [0, 0.05) is 24.5 Å². The number of hydrogen-bond acceptors (Lipinski definition) is 3. The molecule has 1 heterocycles. The molecule has 0 aliphatic carbocycles. The Kier molecular flexibility index (Phi) is 5.58. The van der Waals surface area contributed by atoms with E-state index in [2.05, 4.69) is 34.5 Å². The SMILES string of the molecule is COc1c(C(=O)NCC2CCCN2Cc2ccccc2)ccc2ccccc12. The molecule has 1 saturated heterocycles. The van der Waals surface area contributed by atoms with E-state index in [1.54, 1.807) is 7.11 Å². The van der Waals surface area contributed by atoms with Crippen LogP contribution in [0, 0.1) is 0 Å². The first-order valence-corrected chi connectivity index (χ1v) is 9.88. The third kappa shape index (κ3) is 3.87.